The fraction of sp³-hybridized carbons (Fsp3) is 0.444. The van der Waals surface area contributed by atoms with E-state index in [-0.39, 0.29) is 6.42 Å². The molecule has 1 fully saturated rings. The normalized spacial score (nSPS) is 25.2. The average Bonchev–Trinajstić information content (AvgIpc) is 3.16. The fourth-order valence-corrected chi connectivity index (χ4v) is 6.92. The first-order valence-electron chi connectivity index (χ1n) is 11.0. The molecule has 0 aliphatic carbocycles. The minimum atomic E-state index is -5.68. The Labute approximate surface area is 215 Å². The Morgan fingerprint density at radius 2 is 1.79 bits per heavy atom. The number of anilines is 1. The van der Waals surface area contributed by atoms with Crippen molar-refractivity contribution in [2.45, 2.75) is 37.8 Å². The van der Waals surface area contributed by atoms with Crippen LogP contribution < -0.4 is 11.1 Å². The van der Waals surface area contributed by atoms with Crippen LogP contribution in [0.3, 0.4) is 0 Å². The van der Waals surface area contributed by atoms with E-state index in [1.807, 2.05) is 35.3 Å². The third kappa shape index (κ3) is 7.87. The summed E-state index contributed by atoms with van der Waals surface area (Å²) in [4.78, 5) is 52.7. The minimum Gasteiger partial charge on any atom is -0.390 e. The molecule has 3 heterocycles. The summed E-state index contributed by atoms with van der Waals surface area (Å²) < 4.78 is 52.6. The first-order valence-corrected chi connectivity index (χ1v) is 15.5. The van der Waals surface area contributed by atoms with Crippen molar-refractivity contribution in [2.24, 2.45) is 0 Å². The van der Waals surface area contributed by atoms with Gasteiger partial charge in [0.05, 0.1) is 12.7 Å². The number of aromatic nitrogens is 2. The van der Waals surface area contributed by atoms with Crippen molar-refractivity contribution in [3.05, 3.63) is 58.1 Å². The molecule has 0 spiro atoms. The second-order valence-electron chi connectivity index (χ2n) is 8.39. The fourth-order valence-electron chi connectivity index (χ4n) is 3.89. The van der Waals surface area contributed by atoms with Crippen LogP contribution in [0.15, 0.2) is 41.3 Å². The van der Waals surface area contributed by atoms with E-state index in [0.29, 0.717) is 25.3 Å². The number of aliphatic hydroxyl groups is 1. The molecule has 20 heteroatoms. The number of aliphatic hydroxyl groups excluding tert-OH is 1. The van der Waals surface area contributed by atoms with Gasteiger partial charge in [-0.1, -0.05) is 30.3 Å². The highest BCUT2D eigenvalue weighted by Crippen LogP contribution is 2.66. The number of rotatable bonds is 10. The van der Waals surface area contributed by atoms with Gasteiger partial charge < -0.3 is 34.8 Å². The number of nitrogens with one attached hydrogen (secondary N) is 1. The molecule has 6 N–H and O–H groups in total. The topological polar surface area (TPSA) is 239 Å². The summed E-state index contributed by atoms with van der Waals surface area (Å²) >= 11 is 0. The van der Waals surface area contributed by atoms with Crippen molar-refractivity contribution in [3.63, 3.8) is 0 Å². The van der Waals surface area contributed by atoms with Gasteiger partial charge in [0.2, 0.25) is 0 Å². The molecule has 2 aliphatic heterocycles. The zero-order valence-electron chi connectivity index (χ0n) is 19.4. The summed E-state index contributed by atoms with van der Waals surface area (Å²) in [6.45, 7) is 0.378. The van der Waals surface area contributed by atoms with E-state index < -0.39 is 54.2 Å². The molecule has 4 rings (SSSR count). The van der Waals surface area contributed by atoms with Gasteiger partial charge in [0.1, 0.15) is 12.3 Å². The molecule has 0 amide bonds. The zero-order valence-corrected chi connectivity index (χ0v) is 22.1. The van der Waals surface area contributed by atoms with Crippen LogP contribution in [0.4, 0.5) is 5.82 Å². The summed E-state index contributed by atoms with van der Waals surface area (Å²) in [5.74, 6) is 0.385. The standard InChI is InChI=1S/C18H25N4O13P3/c23-14-8-16(33-15(14)11-32-37(28,29)35-38(30,31)34-36(25,26)27)22-10-13-6-7-21(20-17(13)19-18(22)24)9-12-4-2-1-3-5-12/h1-5,10,14-16,23H,6-9,11H2,(H,28,29)(H,30,31)(H,19,20,24)(H2,25,26,27)/t14-,15+,16+/m0/s1. The lowest BCUT2D eigenvalue weighted by molar-refractivity contribution is -0.0450. The number of nitrogens with zero attached hydrogens (tertiary/aromatic N) is 3. The van der Waals surface area contributed by atoms with Crippen LogP contribution in [-0.2, 0) is 44.5 Å². The summed E-state index contributed by atoms with van der Waals surface area (Å²) in [5.41, 5.74) is 4.24. The van der Waals surface area contributed by atoms with Crippen LogP contribution in [0.1, 0.15) is 23.8 Å². The molecule has 2 unspecified atom stereocenters. The Balaban J connectivity index is 1.37. The molecule has 0 bridgehead atoms. The monoisotopic (exact) mass is 598 g/mol. The van der Waals surface area contributed by atoms with E-state index in [0.717, 1.165) is 11.1 Å². The number of ether oxygens (including phenoxy) is 1. The molecule has 2 aromatic rings. The van der Waals surface area contributed by atoms with Crippen LogP contribution in [0.25, 0.3) is 0 Å². The molecule has 0 radical (unpaired) electrons. The number of hydrazine groups is 1. The largest absolute Gasteiger partial charge is 0.490 e. The molecule has 210 valence electrons. The van der Waals surface area contributed by atoms with Crippen molar-refractivity contribution < 1.29 is 56.3 Å². The van der Waals surface area contributed by atoms with Gasteiger partial charge in [-0.3, -0.25) is 9.09 Å². The van der Waals surface area contributed by atoms with Crippen LogP contribution in [0.2, 0.25) is 0 Å². The van der Waals surface area contributed by atoms with Gasteiger partial charge in [0.25, 0.3) is 0 Å². The molecule has 2 aliphatic rings. The zero-order chi connectivity index (χ0) is 27.7. The van der Waals surface area contributed by atoms with E-state index in [1.54, 1.807) is 6.20 Å². The van der Waals surface area contributed by atoms with Crippen LogP contribution in [-0.4, -0.2) is 64.6 Å². The molecule has 38 heavy (non-hydrogen) atoms. The smallest absolute Gasteiger partial charge is 0.390 e. The van der Waals surface area contributed by atoms with Gasteiger partial charge in [-0.05, 0) is 12.0 Å². The molecule has 1 aromatic carbocycles. The lowest BCUT2D eigenvalue weighted by Gasteiger charge is -2.30. The maximum absolute atomic E-state index is 12.7. The molecular weight excluding hydrogens is 573 g/mol. The number of hydrogen-bond acceptors (Lipinski definition) is 12. The molecular formula is C18H25N4O13P3. The number of phosphoric ester groups is 1. The first-order chi connectivity index (χ1) is 17.7. The third-order valence-corrected chi connectivity index (χ3v) is 9.29. The van der Waals surface area contributed by atoms with Gasteiger partial charge in [0.15, 0.2) is 5.82 Å². The summed E-state index contributed by atoms with van der Waals surface area (Å²) in [6.07, 6.45) is -1.57. The number of benzene rings is 1. The number of fused-ring (bicyclic) bond motifs is 1. The minimum absolute atomic E-state index is 0.113. The van der Waals surface area contributed by atoms with E-state index in [1.165, 1.54) is 4.57 Å². The number of phosphoric acid groups is 3. The van der Waals surface area contributed by atoms with Crippen molar-refractivity contribution in [3.8, 4) is 0 Å². The Morgan fingerprint density at radius 1 is 1.08 bits per heavy atom. The van der Waals surface area contributed by atoms with E-state index in [2.05, 4.69) is 23.6 Å². The lowest BCUT2D eigenvalue weighted by Crippen LogP contribution is -2.39. The van der Waals surface area contributed by atoms with Crippen LogP contribution in [0, 0.1) is 0 Å². The molecule has 1 saturated heterocycles. The first kappa shape index (κ1) is 29.2. The SMILES string of the molecule is O=c1nc2c(cn1[C@H]1C[C@H](O)[C@@H](COP(=O)(O)OP(=O)(O)OP(=O)(O)O)O1)CCN(Cc1ccccc1)N2. The van der Waals surface area contributed by atoms with E-state index in [9.17, 15) is 33.4 Å². The van der Waals surface area contributed by atoms with Crippen molar-refractivity contribution in [1.82, 2.24) is 14.6 Å². The summed E-state index contributed by atoms with van der Waals surface area (Å²) in [7, 11) is -16.6. The maximum Gasteiger partial charge on any atom is 0.490 e. The Bertz CT molecular complexity index is 1350. The number of hydrogen-bond donors (Lipinski definition) is 6. The highest BCUT2D eigenvalue weighted by molar-refractivity contribution is 7.66. The van der Waals surface area contributed by atoms with Crippen LogP contribution in [0.5, 0.6) is 0 Å². The molecule has 5 atom stereocenters. The quantitative estimate of drug-likeness (QED) is 0.205. The molecule has 1 aromatic heterocycles. The van der Waals surface area contributed by atoms with Crippen molar-refractivity contribution in [2.75, 3.05) is 18.6 Å². The molecule has 17 nitrogen and oxygen atoms in total. The summed E-state index contributed by atoms with van der Waals surface area (Å²) in [6, 6.07) is 9.73. The molecule has 0 saturated carbocycles. The van der Waals surface area contributed by atoms with Crippen molar-refractivity contribution >= 4 is 29.3 Å². The Hall–Kier alpha value is -1.81. The van der Waals surface area contributed by atoms with E-state index in [4.69, 9.17) is 14.5 Å². The maximum atomic E-state index is 12.7. The van der Waals surface area contributed by atoms with Gasteiger partial charge >= 0.3 is 29.2 Å². The summed E-state index contributed by atoms with van der Waals surface area (Å²) in [5, 5.41) is 12.2. The van der Waals surface area contributed by atoms with Gasteiger partial charge in [-0.25, -0.2) is 23.5 Å². The highest BCUT2D eigenvalue weighted by Gasteiger charge is 2.43. The predicted octanol–water partition coefficient (Wildman–Crippen LogP) is 0.620. The Morgan fingerprint density at radius 3 is 2.47 bits per heavy atom. The van der Waals surface area contributed by atoms with E-state index >= 15 is 0 Å². The second-order valence-corrected chi connectivity index (χ2v) is 12.8. The van der Waals surface area contributed by atoms with Gasteiger partial charge in [-0.2, -0.15) is 13.6 Å². The second kappa shape index (κ2) is 11.4. The Kier molecular flexibility index (Phi) is 8.72. The van der Waals surface area contributed by atoms with Gasteiger partial charge in [-0.15, -0.1) is 0 Å². The third-order valence-electron chi connectivity index (χ3n) is 5.49. The average molecular weight is 598 g/mol. The van der Waals surface area contributed by atoms with Gasteiger partial charge in [0, 0.05) is 31.3 Å². The van der Waals surface area contributed by atoms with Crippen LogP contribution >= 0.6 is 23.5 Å². The highest BCUT2D eigenvalue weighted by atomic mass is 31.3. The lowest BCUT2D eigenvalue weighted by atomic mass is 10.1. The predicted molar refractivity (Wildman–Crippen MR) is 127 cm³/mol. The van der Waals surface area contributed by atoms with Crippen molar-refractivity contribution in [1.29, 1.82) is 0 Å².